The first-order valence-corrected chi connectivity index (χ1v) is 15.1. The third-order valence-electron chi connectivity index (χ3n) is 7.03. The Labute approximate surface area is 267 Å². The lowest BCUT2D eigenvalue weighted by atomic mass is 9.96. The molecule has 0 unspecified atom stereocenters. The zero-order chi connectivity index (χ0) is 32.0. The lowest BCUT2D eigenvalue weighted by Gasteiger charge is -2.25. The number of hydrogen-bond donors (Lipinski definition) is 0. The maximum atomic E-state index is 14.0. The van der Waals surface area contributed by atoms with Crippen LogP contribution in [0.25, 0.3) is 6.08 Å². The van der Waals surface area contributed by atoms with Crippen molar-refractivity contribution in [3.05, 3.63) is 145 Å². The maximum absolute atomic E-state index is 14.0. The summed E-state index contributed by atoms with van der Waals surface area (Å²) in [7, 11) is 1.51. The van der Waals surface area contributed by atoms with Gasteiger partial charge in [0.25, 0.3) is 5.56 Å². The topological polar surface area (TPSA) is 119 Å². The van der Waals surface area contributed by atoms with E-state index in [4.69, 9.17) is 23.4 Å². The van der Waals surface area contributed by atoms with Crippen molar-refractivity contribution in [3.63, 3.8) is 0 Å². The molecule has 3 heterocycles. The number of thiazole rings is 1. The van der Waals surface area contributed by atoms with Gasteiger partial charge in [-0.1, -0.05) is 53.8 Å². The third-order valence-corrected chi connectivity index (χ3v) is 8.01. The molecule has 1 atom stereocenters. The van der Waals surface area contributed by atoms with Crippen LogP contribution >= 0.6 is 11.3 Å². The number of ether oxygens (including phenoxy) is 4. The monoisotopic (exact) mass is 636 g/mol. The molecule has 0 N–H and O–H groups in total. The Balaban J connectivity index is 1.37. The predicted molar refractivity (Wildman–Crippen MR) is 170 cm³/mol. The summed E-state index contributed by atoms with van der Waals surface area (Å²) in [5.74, 6) is 0.378. The number of methoxy groups -OCH3 is 1. The second kappa shape index (κ2) is 13.6. The van der Waals surface area contributed by atoms with Crippen molar-refractivity contribution < 1.29 is 33.0 Å². The summed E-state index contributed by atoms with van der Waals surface area (Å²) < 4.78 is 28.9. The molecule has 6 rings (SSSR count). The van der Waals surface area contributed by atoms with Crippen LogP contribution in [0.5, 0.6) is 17.2 Å². The molecule has 0 saturated heterocycles. The highest BCUT2D eigenvalue weighted by Crippen LogP contribution is 2.32. The van der Waals surface area contributed by atoms with E-state index in [1.807, 2.05) is 54.6 Å². The molecule has 0 aliphatic carbocycles. The van der Waals surface area contributed by atoms with E-state index >= 15 is 0 Å². The SMILES string of the molecule is COCCOC(=O)C1=C(C)N=c2s/c(=C/c3cccc(Oc4ccccc4)c3)c(=O)n2[C@@H]1c1ccc(OC(=O)c2ccco2)cc1. The van der Waals surface area contributed by atoms with Crippen LogP contribution in [0.1, 0.15) is 34.6 Å². The van der Waals surface area contributed by atoms with Crippen LogP contribution in [-0.4, -0.2) is 36.8 Å². The average molecular weight is 637 g/mol. The number of hydrogen-bond acceptors (Lipinski definition) is 10. The van der Waals surface area contributed by atoms with Crippen LogP contribution in [0.3, 0.4) is 0 Å². The van der Waals surface area contributed by atoms with Crippen molar-refractivity contribution in [2.45, 2.75) is 13.0 Å². The van der Waals surface area contributed by atoms with Gasteiger partial charge in [0.1, 0.15) is 23.9 Å². The normalized spacial score (nSPS) is 14.4. The van der Waals surface area contributed by atoms with Crippen molar-refractivity contribution >= 4 is 29.4 Å². The van der Waals surface area contributed by atoms with Crippen LogP contribution in [0, 0.1) is 0 Å². The van der Waals surface area contributed by atoms with Gasteiger partial charge in [0.05, 0.1) is 34.7 Å². The first kappa shape index (κ1) is 30.5. The lowest BCUT2D eigenvalue weighted by molar-refractivity contribution is -0.140. The van der Waals surface area contributed by atoms with Crippen molar-refractivity contribution in [2.24, 2.45) is 4.99 Å². The minimum absolute atomic E-state index is 0.0340. The zero-order valence-electron chi connectivity index (χ0n) is 24.9. The maximum Gasteiger partial charge on any atom is 0.379 e. The number of allylic oxidation sites excluding steroid dienone is 1. The highest BCUT2D eigenvalue weighted by atomic mass is 32.1. The number of esters is 2. The number of carbonyl (C=O) groups is 2. The second-order valence-corrected chi connectivity index (χ2v) is 11.1. The number of benzene rings is 3. The number of nitrogens with zero attached hydrogens (tertiary/aromatic N) is 2. The Bertz CT molecular complexity index is 2080. The van der Waals surface area contributed by atoms with Gasteiger partial charge in [0, 0.05) is 7.11 Å². The largest absolute Gasteiger partial charge is 0.460 e. The molecule has 1 aliphatic heterocycles. The Kier molecular flexibility index (Phi) is 9.04. The van der Waals surface area contributed by atoms with E-state index in [0.29, 0.717) is 32.1 Å². The van der Waals surface area contributed by atoms with E-state index in [9.17, 15) is 14.4 Å². The van der Waals surface area contributed by atoms with E-state index in [1.165, 1.54) is 35.3 Å². The van der Waals surface area contributed by atoms with Gasteiger partial charge in [-0.15, -0.1) is 0 Å². The summed E-state index contributed by atoms with van der Waals surface area (Å²) >= 11 is 1.22. The minimum Gasteiger partial charge on any atom is -0.460 e. The lowest BCUT2D eigenvalue weighted by Crippen LogP contribution is -2.40. The predicted octanol–water partition coefficient (Wildman–Crippen LogP) is 5.03. The summed E-state index contributed by atoms with van der Waals surface area (Å²) in [6, 6.07) is 25.6. The number of aromatic nitrogens is 1. The van der Waals surface area contributed by atoms with E-state index in [2.05, 4.69) is 4.99 Å². The standard InChI is InChI=1S/C35H28N2O8S/c1-22-30(34(40)43-19-18-41-2)31(24-13-15-26(16-14-24)45-33(39)28-12-7-17-42-28)37-32(38)29(46-35(37)36-22)21-23-8-6-11-27(20-23)44-25-9-4-3-5-10-25/h3-17,20-21,31H,18-19H2,1-2H3/b29-21+/t31-/m1/s1. The van der Waals surface area contributed by atoms with Crippen LogP contribution < -0.4 is 24.4 Å². The molecule has 46 heavy (non-hydrogen) atoms. The first-order chi connectivity index (χ1) is 22.4. The number of carbonyl (C=O) groups excluding carboxylic acids is 2. The molecule has 1 aliphatic rings. The van der Waals surface area contributed by atoms with Crippen LogP contribution in [0.2, 0.25) is 0 Å². The smallest absolute Gasteiger partial charge is 0.379 e. The quantitative estimate of drug-likeness (QED) is 0.119. The van der Waals surface area contributed by atoms with Crippen LogP contribution in [-0.2, 0) is 14.3 Å². The van der Waals surface area contributed by atoms with Crippen molar-refractivity contribution in [1.82, 2.24) is 4.57 Å². The van der Waals surface area contributed by atoms with Crippen molar-refractivity contribution in [2.75, 3.05) is 20.3 Å². The molecule has 3 aromatic carbocycles. The molecule has 0 amide bonds. The molecule has 0 spiro atoms. The Morgan fingerprint density at radius 1 is 0.913 bits per heavy atom. The van der Waals surface area contributed by atoms with Gasteiger partial charge in [-0.2, -0.15) is 0 Å². The molecular weight excluding hydrogens is 608 g/mol. The molecule has 2 aromatic heterocycles. The second-order valence-electron chi connectivity index (χ2n) is 10.1. The highest BCUT2D eigenvalue weighted by molar-refractivity contribution is 7.07. The van der Waals surface area contributed by atoms with Crippen LogP contribution in [0.15, 0.2) is 123 Å². The van der Waals surface area contributed by atoms with Gasteiger partial charge in [-0.3, -0.25) is 9.36 Å². The Hall–Kier alpha value is -5.52. The number of furan rings is 1. The highest BCUT2D eigenvalue weighted by Gasteiger charge is 2.33. The van der Waals surface area contributed by atoms with E-state index < -0.39 is 18.0 Å². The molecule has 0 saturated carbocycles. The molecule has 5 aromatic rings. The van der Waals surface area contributed by atoms with Crippen LogP contribution in [0.4, 0.5) is 0 Å². The van der Waals surface area contributed by atoms with Gasteiger partial charge < -0.3 is 23.4 Å². The van der Waals surface area contributed by atoms with E-state index in [0.717, 1.165) is 5.56 Å². The fraction of sp³-hybridized carbons (Fsp3) is 0.143. The third kappa shape index (κ3) is 6.60. The summed E-state index contributed by atoms with van der Waals surface area (Å²) in [5.41, 5.74) is 1.66. The van der Waals surface area contributed by atoms with Gasteiger partial charge in [-0.25, -0.2) is 14.6 Å². The van der Waals surface area contributed by atoms with Gasteiger partial charge in [-0.05, 0) is 72.7 Å². The molecule has 11 heteroatoms. The zero-order valence-corrected chi connectivity index (χ0v) is 25.7. The average Bonchev–Trinajstić information content (AvgIpc) is 3.70. The summed E-state index contributed by atoms with van der Waals surface area (Å²) in [4.78, 5) is 44.9. The number of rotatable bonds is 10. The van der Waals surface area contributed by atoms with Crippen molar-refractivity contribution in [3.8, 4) is 17.2 Å². The number of para-hydroxylation sites is 1. The fourth-order valence-electron chi connectivity index (χ4n) is 4.91. The summed E-state index contributed by atoms with van der Waals surface area (Å²) in [6.07, 6.45) is 3.15. The van der Waals surface area contributed by atoms with Gasteiger partial charge in [0.2, 0.25) is 5.76 Å². The Morgan fingerprint density at radius 3 is 2.43 bits per heavy atom. The van der Waals surface area contributed by atoms with E-state index in [1.54, 1.807) is 43.3 Å². The fourth-order valence-corrected chi connectivity index (χ4v) is 5.95. The molecule has 0 fully saturated rings. The molecule has 0 bridgehead atoms. The Morgan fingerprint density at radius 2 is 1.70 bits per heavy atom. The molecule has 0 radical (unpaired) electrons. The van der Waals surface area contributed by atoms with Gasteiger partial charge in [0.15, 0.2) is 4.80 Å². The molecule has 10 nitrogen and oxygen atoms in total. The number of fused-ring (bicyclic) bond motifs is 1. The van der Waals surface area contributed by atoms with Crippen molar-refractivity contribution in [1.29, 1.82) is 0 Å². The van der Waals surface area contributed by atoms with E-state index in [-0.39, 0.29) is 35.9 Å². The molecular formula is C35H28N2O8S. The van der Waals surface area contributed by atoms with Gasteiger partial charge >= 0.3 is 11.9 Å². The summed E-state index contributed by atoms with van der Waals surface area (Å²) in [6.45, 7) is 1.96. The summed E-state index contributed by atoms with van der Waals surface area (Å²) in [5, 5.41) is 0. The minimum atomic E-state index is -0.851. The molecule has 232 valence electrons. The first-order valence-electron chi connectivity index (χ1n) is 14.3.